The number of methoxy groups -OCH3 is 1. The number of ether oxygens (including phenoxy) is 2. The van der Waals surface area contributed by atoms with E-state index in [-0.39, 0.29) is 11.9 Å². The van der Waals surface area contributed by atoms with Crippen LogP contribution in [-0.4, -0.2) is 31.5 Å². The van der Waals surface area contributed by atoms with Crippen molar-refractivity contribution in [3.05, 3.63) is 58.2 Å². The molecule has 25 heavy (non-hydrogen) atoms. The fourth-order valence-electron chi connectivity index (χ4n) is 3.10. The van der Waals surface area contributed by atoms with Crippen molar-refractivity contribution in [2.45, 2.75) is 38.7 Å². The van der Waals surface area contributed by atoms with Gasteiger partial charge in [0, 0.05) is 7.11 Å². The molecule has 4 heteroatoms. The van der Waals surface area contributed by atoms with Crippen LogP contribution in [0.25, 0.3) is 6.08 Å². The average Bonchev–Trinajstić information content (AvgIpc) is 3.04. The number of allylic oxidation sites excluding steroid dienone is 1. The van der Waals surface area contributed by atoms with E-state index in [1.807, 2.05) is 6.07 Å². The van der Waals surface area contributed by atoms with Gasteiger partial charge in [-0.3, -0.25) is 0 Å². The van der Waals surface area contributed by atoms with E-state index in [4.69, 9.17) is 21.1 Å². The summed E-state index contributed by atoms with van der Waals surface area (Å²) in [7, 11) is 1.68. The van der Waals surface area contributed by atoms with Crippen molar-refractivity contribution < 1.29 is 14.6 Å². The molecule has 136 valence electrons. The van der Waals surface area contributed by atoms with E-state index < -0.39 is 0 Å². The SMILES string of the molecule is C=C(COC)C1=CCOC1CC/C(=C/c1ccc(O)cc1Cl)CCC. The number of rotatable bonds is 9. The molecule has 1 aromatic rings. The molecule has 0 spiro atoms. The van der Waals surface area contributed by atoms with Crippen molar-refractivity contribution in [2.75, 3.05) is 20.3 Å². The van der Waals surface area contributed by atoms with Crippen LogP contribution in [0.5, 0.6) is 5.75 Å². The van der Waals surface area contributed by atoms with Crippen LogP contribution in [0.4, 0.5) is 0 Å². The zero-order valence-electron chi connectivity index (χ0n) is 15.1. The number of hydrogen-bond donors (Lipinski definition) is 1. The molecule has 0 aromatic heterocycles. The Bertz CT molecular complexity index is 661. The Kier molecular flexibility index (Phi) is 7.76. The van der Waals surface area contributed by atoms with Gasteiger partial charge in [0.1, 0.15) is 5.75 Å². The molecule has 0 radical (unpaired) electrons. The van der Waals surface area contributed by atoms with Gasteiger partial charge in [0.05, 0.1) is 24.3 Å². The minimum Gasteiger partial charge on any atom is -0.508 e. The predicted molar refractivity (Wildman–Crippen MR) is 104 cm³/mol. The molecule has 1 N–H and O–H groups in total. The number of phenols is 1. The first-order valence-electron chi connectivity index (χ1n) is 8.71. The lowest BCUT2D eigenvalue weighted by Gasteiger charge is -2.17. The summed E-state index contributed by atoms with van der Waals surface area (Å²) in [5.41, 5.74) is 4.44. The molecule has 0 aliphatic carbocycles. The lowest BCUT2D eigenvalue weighted by molar-refractivity contribution is 0.115. The van der Waals surface area contributed by atoms with Crippen molar-refractivity contribution in [2.24, 2.45) is 0 Å². The van der Waals surface area contributed by atoms with Crippen LogP contribution in [-0.2, 0) is 9.47 Å². The fraction of sp³-hybridized carbons (Fsp3) is 0.429. The van der Waals surface area contributed by atoms with Gasteiger partial charge in [-0.15, -0.1) is 0 Å². The van der Waals surface area contributed by atoms with Gasteiger partial charge in [0.15, 0.2) is 0 Å². The molecule has 1 aromatic carbocycles. The van der Waals surface area contributed by atoms with Crippen molar-refractivity contribution in [1.82, 2.24) is 0 Å². The van der Waals surface area contributed by atoms with Crippen LogP contribution in [0, 0.1) is 0 Å². The highest BCUT2D eigenvalue weighted by Crippen LogP contribution is 2.29. The van der Waals surface area contributed by atoms with Crippen molar-refractivity contribution >= 4 is 17.7 Å². The standard InChI is InChI=1S/C21H27ClO3/c1-4-5-16(12-17-7-8-18(23)13-20(17)22)6-9-21-19(10-11-25-21)15(2)14-24-3/h7-8,10,12-13,21,23H,2,4-6,9,11,14H2,1,3H3/b16-12+. The first kappa shape index (κ1) is 19.8. The first-order chi connectivity index (χ1) is 12.0. The summed E-state index contributed by atoms with van der Waals surface area (Å²) in [6.45, 7) is 7.44. The van der Waals surface area contributed by atoms with Gasteiger partial charge in [0.25, 0.3) is 0 Å². The zero-order valence-corrected chi connectivity index (χ0v) is 15.8. The Balaban J connectivity index is 2.05. The van der Waals surface area contributed by atoms with Crippen LogP contribution in [0.1, 0.15) is 38.2 Å². The summed E-state index contributed by atoms with van der Waals surface area (Å²) in [6, 6.07) is 5.09. The Hall–Kier alpha value is -1.55. The number of benzene rings is 1. The molecule has 1 unspecified atom stereocenters. The second-order valence-corrected chi connectivity index (χ2v) is 6.72. The topological polar surface area (TPSA) is 38.7 Å². The number of hydrogen-bond acceptors (Lipinski definition) is 3. The molecule has 3 nitrogen and oxygen atoms in total. The summed E-state index contributed by atoms with van der Waals surface area (Å²) < 4.78 is 11.0. The normalized spacial score (nSPS) is 17.6. The average molecular weight is 363 g/mol. The maximum absolute atomic E-state index is 9.50. The molecule has 1 heterocycles. The van der Waals surface area contributed by atoms with Crippen LogP contribution >= 0.6 is 11.6 Å². The molecule has 2 rings (SSSR count). The maximum Gasteiger partial charge on any atom is 0.117 e. The zero-order chi connectivity index (χ0) is 18.2. The summed E-state index contributed by atoms with van der Waals surface area (Å²) in [4.78, 5) is 0. The Morgan fingerprint density at radius 1 is 1.44 bits per heavy atom. The van der Waals surface area contributed by atoms with E-state index >= 15 is 0 Å². The van der Waals surface area contributed by atoms with Gasteiger partial charge < -0.3 is 14.6 Å². The van der Waals surface area contributed by atoms with Crippen molar-refractivity contribution in [3.63, 3.8) is 0 Å². The minimum absolute atomic E-state index is 0.0817. The molecule has 1 aliphatic heterocycles. The largest absolute Gasteiger partial charge is 0.508 e. The number of halogens is 1. The van der Waals surface area contributed by atoms with Crippen molar-refractivity contribution in [3.8, 4) is 5.75 Å². The molecule has 0 amide bonds. The highest BCUT2D eigenvalue weighted by Gasteiger charge is 2.22. The third-order valence-corrected chi connectivity index (χ3v) is 4.64. The maximum atomic E-state index is 9.50. The van der Waals surface area contributed by atoms with E-state index in [1.54, 1.807) is 19.2 Å². The molecule has 1 atom stereocenters. The van der Waals surface area contributed by atoms with Crippen molar-refractivity contribution in [1.29, 1.82) is 0 Å². The number of phenolic OH excluding ortho intramolecular Hbond substituents is 1. The molecular weight excluding hydrogens is 336 g/mol. The van der Waals surface area contributed by atoms with Gasteiger partial charge in [-0.25, -0.2) is 0 Å². The van der Waals surface area contributed by atoms with Gasteiger partial charge in [-0.1, -0.05) is 49.2 Å². The van der Waals surface area contributed by atoms with Crippen LogP contribution < -0.4 is 0 Å². The molecule has 0 saturated heterocycles. The molecule has 0 saturated carbocycles. The van der Waals surface area contributed by atoms with Crippen LogP contribution in [0.2, 0.25) is 5.02 Å². The smallest absolute Gasteiger partial charge is 0.117 e. The van der Waals surface area contributed by atoms with Gasteiger partial charge in [0.2, 0.25) is 0 Å². The summed E-state index contributed by atoms with van der Waals surface area (Å²) >= 11 is 6.24. The second-order valence-electron chi connectivity index (χ2n) is 6.32. The highest BCUT2D eigenvalue weighted by atomic mass is 35.5. The third kappa shape index (κ3) is 5.74. The molecular formula is C21H27ClO3. The monoisotopic (exact) mass is 362 g/mol. The highest BCUT2D eigenvalue weighted by molar-refractivity contribution is 6.32. The molecule has 0 bridgehead atoms. The predicted octanol–water partition coefficient (Wildman–Crippen LogP) is 5.54. The Morgan fingerprint density at radius 3 is 2.92 bits per heavy atom. The summed E-state index contributed by atoms with van der Waals surface area (Å²) in [5.74, 6) is 0.185. The number of aromatic hydroxyl groups is 1. The second kappa shape index (κ2) is 9.81. The van der Waals surface area contributed by atoms with E-state index in [0.717, 1.165) is 36.8 Å². The van der Waals surface area contributed by atoms with E-state index in [1.165, 1.54) is 11.1 Å². The quantitative estimate of drug-likeness (QED) is 0.627. The minimum atomic E-state index is 0.0817. The van der Waals surface area contributed by atoms with E-state index in [2.05, 4.69) is 25.7 Å². The summed E-state index contributed by atoms with van der Waals surface area (Å²) in [5, 5.41) is 10.1. The third-order valence-electron chi connectivity index (χ3n) is 4.32. The Morgan fingerprint density at radius 2 is 2.24 bits per heavy atom. The molecule has 1 aliphatic rings. The molecule has 0 fully saturated rings. The lowest BCUT2D eigenvalue weighted by Crippen LogP contribution is -2.13. The van der Waals surface area contributed by atoms with Gasteiger partial charge >= 0.3 is 0 Å². The van der Waals surface area contributed by atoms with Crippen LogP contribution in [0.3, 0.4) is 0 Å². The first-order valence-corrected chi connectivity index (χ1v) is 9.09. The lowest BCUT2D eigenvalue weighted by atomic mass is 9.95. The summed E-state index contributed by atoms with van der Waals surface area (Å²) in [6.07, 6.45) is 8.26. The van der Waals surface area contributed by atoms with Crippen LogP contribution in [0.15, 0.2) is 47.6 Å². The Labute approximate surface area is 155 Å². The van der Waals surface area contributed by atoms with E-state index in [9.17, 15) is 5.11 Å². The van der Waals surface area contributed by atoms with E-state index in [0.29, 0.717) is 18.2 Å². The van der Waals surface area contributed by atoms with Gasteiger partial charge in [-0.05, 0) is 54.2 Å². The van der Waals surface area contributed by atoms with Gasteiger partial charge in [-0.2, -0.15) is 0 Å². The fourth-order valence-corrected chi connectivity index (χ4v) is 3.33.